The van der Waals surface area contributed by atoms with E-state index in [4.69, 9.17) is 0 Å². The average molecular weight is 155 g/mol. The minimum absolute atomic E-state index is 0.916. The Bertz CT molecular complexity index is 135. The van der Waals surface area contributed by atoms with Crippen LogP contribution in [0.3, 0.4) is 0 Å². The van der Waals surface area contributed by atoms with Crippen LogP contribution in [0.4, 0.5) is 13.2 Å². The van der Waals surface area contributed by atoms with E-state index in [9.17, 15) is 13.2 Å². The number of isothiocyanates is 1. The smallest absolute Gasteiger partial charge is 0.220 e. The number of aliphatic imine (C=N–C) groups is 1. The molecule has 0 saturated heterocycles. The zero-order valence-corrected chi connectivity index (χ0v) is 5.38. The van der Waals surface area contributed by atoms with Gasteiger partial charge >= 0.3 is 6.18 Å². The van der Waals surface area contributed by atoms with Crippen molar-refractivity contribution in [2.75, 3.05) is 0 Å². The van der Waals surface area contributed by atoms with Crippen LogP contribution in [0.2, 0.25) is 0 Å². The average Bonchev–Trinajstić information content (AvgIpc) is 1.64. The molecular weight excluding hydrogens is 151 g/mol. The molecule has 0 aliphatic rings. The molecule has 0 fully saturated rings. The SMILES string of the molecule is CC(N=C=S)C(F)(F)F. The van der Waals surface area contributed by atoms with Gasteiger partial charge in [0.25, 0.3) is 0 Å². The number of nitrogens with zero attached hydrogens (tertiary/aromatic N) is 1. The van der Waals surface area contributed by atoms with E-state index in [2.05, 4.69) is 17.2 Å². The third-order valence-corrected chi connectivity index (χ3v) is 0.825. The van der Waals surface area contributed by atoms with Crippen LogP contribution < -0.4 is 0 Å². The highest BCUT2D eigenvalue weighted by molar-refractivity contribution is 7.78. The molecule has 52 valence electrons. The third kappa shape index (κ3) is 3.21. The van der Waals surface area contributed by atoms with Gasteiger partial charge in [-0.2, -0.15) is 13.2 Å². The van der Waals surface area contributed by atoms with Crippen LogP contribution in [0, 0.1) is 0 Å². The van der Waals surface area contributed by atoms with Gasteiger partial charge in [-0.15, -0.1) is 0 Å². The number of alkyl halides is 3. The summed E-state index contributed by atoms with van der Waals surface area (Å²) in [6.45, 7) is 0.916. The zero-order chi connectivity index (χ0) is 7.49. The van der Waals surface area contributed by atoms with Crippen molar-refractivity contribution in [3.05, 3.63) is 0 Å². The molecule has 0 bridgehead atoms. The lowest BCUT2D eigenvalue weighted by atomic mass is 10.4. The minimum Gasteiger partial charge on any atom is -0.220 e. The van der Waals surface area contributed by atoms with E-state index >= 15 is 0 Å². The van der Waals surface area contributed by atoms with Crippen molar-refractivity contribution in [3.8, 4) is 0 Å². The topological polar surface area (TPSA) is 12.4 Å². The summed E-state index contributed by atoms with van der Waals surface area (Å²) in [6.07, 6.45) is -4.29. The third-order valence-electron chi connectivity index (χ3n) is 0.720. The molecule has 0 heterocycles. The standard InChI is InChI=1S/C4H4F3NS/c1-3(8-2-9)4(5,6)7/h3H,1H3. The van der Waals surface area contributed by atoms with Crippen LogP contribution in [0.15, 0.2) is 4.99 Å². The van der Waals surface area contributed by atoms with E-state index in [1.807, 2.05) is 0 Å². The molecule has 0 aromatic rings. The van der Waals surface area contributed by atoms with Crippen LogP contribution in [0.1, 0.15) is 6.92 Å². The van der Waals surface area contributed by atoms with Crippen LogP contribution in [0.5, 0.6) is 0 Å². The summed E-state index contributed by atoms with van der Waals surface area (Å²) in [4.78, 5) is 2.84. The highest BCUT2D eigenvalue weighted by Gasteiger charge is 2.35. The van der Waals surface area contributed by atoms with Gasteiger partial charge in [0.2, 0.25) is 0 Å². The largest absolute Gasteiger partial charge is 0.411 e. The van der Waals surface area contributed by atoms with Crippen molar-refractivity contribution in [2.45, 2.75) is 19.1 Å². The quantitative estimate of drug-likeness (QED) is 0.417. The normalized spacial score (nSPS) is 14.2. The molecule has 0 amide bonds. The molecule has 0 spiro atoms. The van der Waals surface area contributed by atoms with Crippen LogP contribution in [-0.4, -0.2) is 17.4 Å². The van der Waals surface area contributed by atoms with Gasteiger partial charge in [-0.05, 0) is 19.1 Å². The highest BCUT2D eigenvalue weighted by Crippen LogP contribution is 2.21. The van der Waals surface area contributed by atoms with E-state index in [1.165, 1.54) is 0 Å². The summed E-state index contributed by atoms with van der Waals surface area (Å²) in [6, 6.07) is -1.73. The first-order chi connectivity index (χ1) is 3.98. The van der Waals surface area contributed by atoms with Gasteiger partial charge in [-0.25, -0.2) is 4.99 Å². The Morgan fingerprint density at radius 3 is 2.11 bits per heavy atom. The van der Waals surface area contributed by atoms with Crippen LogP contribution in [-0.2, 0) is 0 Å². The van der Waals surface area contributed by atoms with Crippen LogP contribution in [0.25, 0.3) is 0 Å². The molecular formula is C4H4F3NS. The first kappa shape index (κ1) is 8.59. The van der Waals surface area contributed by atoms with Gasteiger partial charge in [-0.1, -0.05) is 0 Å². The van der Waals surface area contributed by atoms with E-state index in [0.717, 1.165) is 6.92 Å². The number of halogens is 3. The van der Waals surface area contributed by atoms with Crippen molar-refractivity contribution in [1.82, 2.24) is 0 Å². The monoisotopic (exact) mass is 155 g/mol. The van der Waals surface area contributed by atoms with Gasteiger partial charge in [-0.3, -0.25) is 0 Å². The van der Waals surface area contributed by atoms with Gasteiger partial charge in [0.1, 0.15) is 0 Å². The van der Waals surface area contributed by atoms with E-state index < -0.39 is 12.2 Å². The lowest BCUT2D eigenvalue weighted by Crippen LogP contribution is -2.22. The van der Waals surface area contributed by atoms with Crippen molar-refractivity contribution in [2.24, 2.45) is 4.99 Å². The Morgan fingerprint density at radius 2 is 2.00 bits per heavy atom. The van der Waals surface area contributed by atoms with Gasteiger partial charge in [0.05, 0.1) is 5.16 Å². The van der Waals surface area contributed by atoms with Gasteiger partial charge < -0.3 is 0 Å². The Kier molecular flexibility index (Phi) is 2.81. The summed E-state index contributed by atoms with van der Waals surface area (Å²) >= 11 is 3.98. The fraction of sp³-hybridized carbons (Fsp3) is 0.750. The summed E-state index contributed by atoms with van der Waals surface area (Å²) in [5.41, 5.74) is 0. The molecule has 5 heteroatoms. The Hall–Kier alpha value is -0.410. The van der Waals surface area contributed by atoms with E-state index in [0.29, 0.717) is 0 Å². The van der Waals surface area contributed by atoms with Crippen molar-refractivity contribution >= 4 is 17.4 Å². The second-order valence-corrected chi connectivity index (χ2v) is 1.62. The maximum Gasteiger partial charge on any atom is 0.411 e. The molecule has 0 saturated carbocycles. The number of thiocarbonyl (C=S) groups is 1. The van der Waals surface area contributed by atoms with Gasteiger partial charge in [0, 0.05) is 0 Å². The van der Waals surface area contributed by atoms with Gasteiger partial charge in [0.15, 0.2) is 6.04 Å². The van der Waals surface area contributed by atoms with Crippen molar-refractivity contribution < 1.29 is 13.2 Å². The molecule has 0 aromatic heterocycles. The summed E-state index contributed by atoms with van der Waals surface area (Å²) in [5.74, 6) is 0. The first-order valence-corrected chi connectivity index (χ1v) is 2.53. The number of rotatable bonds is 1. The molecule has 1 unspecified atom stereocenters. The number of hydrogen-bond donors (Lipinski definition) is 0. The predicted octanol–water partition coefficient (Wildman–Crippen LogP) is 2.04. The van der Waals surface area contributed by atoms with E-state index in [-0.39, 0.29) is 0 Å². The summed E-state index contributed by atoms with van der Waals surface area (Å²) in [5, 5.41) is 1.66. The fourth-order valence-electron chi connectivity index (χ4n) is 0.152. The van der Waals surface area contributed by atoms with Crippen LogP contribution >= 0.6 is 12.2 Å². The Morgan fingerprint density at radius 1 is 1.56 bits per heavy atom. The van der Waals surface area contributed by atoms with E-state index in [1.54, 1.807) is 5.16 Å². The maximum absolute atomic E-state index is 11.5. The summed E-state index contributed by atoms with van der Waals surface area (Å²) < 4.78 is 34.4. The molecule has 0 radical (unpaired) electrons. The Labute approximate surface area is 55.6 Å². The molecule has 0 aromatic carbocycles. The minimum atomic E-state index is -4.29. The highest BCUT2D eigenvalue weighted by atomic mass is 32.1. The Balaban J connectivity index is 4.03. The zero-order valence-electron chi connectivity index (χ0n) is 4.57. The summed E-state index contributed by atoms with van der Waals surface area (Å²) in [7, 11) is 0. The van der Waals surface area contributed by atoms with Crippen molar-refractivity contribution in [3.63, 3.8) is 0 Å². The fourth-order valence-corrected chi connectivity index (χ4v) is 0.310. The molecule has 0 aliphatic carbocycles. The molecule has 9 heavy (non-hydrogen) atoms. The second-order valence-electron chi connectivity index (χ2n) is 1.44. The predicted molar refractivity (Wildman–Crippen MR) is 30.5 cm³/mol. The lowest BCUT2D eigenvalue weighted by molar-refractivity contribution is -0.142. The molecule has 1 atom stereocenters. The maximum atomic E-state index is 11.5. The van der Waals surface area contributed by atoms with Crippen molar-refractivity contribution in [1.29, 1.82) is 0 Å². The first-order valence-electron chi connectivity index (χ1n) is 2.12. The molecule has 1 nitrogen and oxygen atoms in total. The number of hydrogen-bond acceptors (Lipinski definition) is 2. The molecule has 0 N–H and O–H groups in total. The second kappa shape index (κ2) is 2.94. The molecule has 0 aliphatic heterocycles. The molecule has 0 rings (SSSR count). The lowest BCUT2D eigenvalue weighted by Gasteiger charge is -2.07.